The van der Waals surface area contributed by atoms with Gasteiger partial charge in [-0.2, -0.15) is 0 Å². The molecule has 0 fully saturated rings. The first-order valence-electron chi connectivity index (χ1n) is 7.30. The van der Waals surface area contributed by atoms with Gasteiger partial charge in [0.15, 0.2) is 6.10 Å². The van der Waals surface area contributed by atoms with Crippen molar-refractivity contribution in [2.45, 2.75) is 26.9 Å². The van der Waals surface area contributed by atoms with E-state index in [1.54, 1.807) is 38.1 Å². The van der Waals surface area contributed by atoms with Crippen LogP contribution in [-0.4, -0.2) is 23.0 Å². The van der Waals surface area contributed by atoms with Crippen LogP contribution >= 0.6 is 34.8 Å². The second-order valence-corrected chi connectivity index (χ2v) is 6.55. The molecule has 0 unspecified atom stereocenters. The minimum atomic E-state index is -1.09. The lowest BCUT2D eigenvalue weighted by atomic mass is 10.1. The fourth-order valence-corrected chi connectivity index (χ4v) is 3.00. The van der Waals surface area contributed by atoms with Crippen LogP contribution in [0.25, 0.3) is 0 Å². The molecule has 0 aliphatic rings. The van der Waals surface area contributed by atoms with Gasteiger partial charge in [-0.3, -0.25) is 4.79 Å². The summed E-state index contributed by atoms with van der Waals surface area (Å²) in [6, 6.07) is 6.53. The maximum Gasteiger partial charge on any atom is 0.342 e. The number of amides is 1. The van der Waals surface area contributed by atoms with E-state index in [0.29, 0.717) is 11.3 Å². The number of carbonyl (C=O) groups is 2. The van der Waals surface area contributed by atoms with E-state index < -0.39 is 18.0 Å². The molecule has 0 spiro atoms. The molecule has 2 rings (SSSR count). The molecule has 0 saturated heterocycles. The molecular weight excluding hydrogens is 387 g/mol. The van der Waals surface area contributed by atoms with Crippen LogP contribution in [0.3, 0.4) is 0 Å². The second-order valence-electron chi connectivity index (χ2n) is 5.38. The predicted octanol–water partition coefficient (Wildman–Crippen LogP) is 4.84. The Hall–Kier alpha value is -1.82. The number of hydrogen-bond donors (Lipinski definition) is 1. The zero-order chi connectivity index (χ0) is 18.7. The molecule has 0 bridgehead atoms. The van der Waals surface area contributed by atoms with E-state index in [2.05, 4.69) is 10.3 Å². The Balaban J connectivity index is 2.13. The number of nitrogens with one attached hydrogen (secondary N) is 1. The maximum absolute atomic E-state index is 12.3. The van der Waals surface area contributed by atoms with Crippen molar-refractivity contribution in [1.29, 1.82) is 0 Å². The highest BCUT2D eigenvalue weighted by Gasteiger charge is 2.24. The SMILES string of the molecule is Cc1cc(C)c(C(=O)O[C@@H](C)C(=O)Nc2c(Cl)cccc2Cl)c(Cl)n1. The summed E-state index contributed by atoms with van der Waals surface area (Å²) in [5.74, 6) is -1.31. The van der Waals surface area contributed by atoms with Crippen LogP contribution in [0.4, 0.5) is 5.69 Å². The van der Waals surface area contributed by atoms with Gasteiger partial charge in [0.2, 0.25) is 0 Å². The highest BCUT2D eigenvalue weighted by molar-refractivity contribution is 6.39. The molecule has 1 atom stereocenters. The van der Waals surface area contributed by atoms with Crippen molar-refractivity contribution in [3.05, 3.63) is 56.3 Å². The molecule has 0 saturated carbocycles. The van der Waals surface area contributed by atoms with Crippen molar-refractivity contribution in [3.8, 4) is 0 Å². The number of aromatic nitrogens is 1. The Kier molecular flexibility index (Phi) is 6.27. The number of carbonyl (C=O) groups excluding carboxylic acids is 2. The lowest BCUT2D eigenvalue weighted by molar-refractivity contribution is -0.123. The molecular formula is C17H15Cl3N2O3. The molecule has 5 nitrogen and oxygen atoms in total. The Bertz CT molecular complexity index is 797. The Labute approximate surface area is 160 Å². The van der Waals surface area contributed by atoms with E-state index >= 15 is 0 Å². The summed E-state index contributed by atoms with van der Waals surface area (Å²) in [5.41, 5.74) is 1.68. The Morgan fingerprint density at radius 3 is 2.32 bits per heavy atom. The molecule has 0 aliphatic carbocycles. The first-order chi connectivity index (χ1) is 11.7. The average molecular weight is 402 g/mol. The van der Waals surface area contributed by atoms with Crippen molar-refractivity contribution in [1.82, 2.24) is 4.98 Å². The third-order valence-corrected chi connectivity index (χ3v) is 4.27. The number of hydrogen-bond acceptors (Lipinski definition) is 4. The number of anilines is 1. The molecule has 0 aliphatic heterocycles. The summed E-state index contributed by atoms with van der Waals surface area (Å²) in [4.78, 5) is 28.6. The third-order valence-electron chi connectivity index (χ3n) is 3.37. The van der Waals surface area contributed by atoms with Crippen molar-refractivity contribution in [2.75, 3.05) is 5.32 Å². The molecule has 8 heteroatoms. The molecule has 0 radical (unpaired) electrons. The number of para-hydroxylation sites is 1. The van der Waals surface area contributed by atoms with Crippen molar-refractivity contribution < 1.29 is 14.3 Å². The Morgan fingerprint density at radius 1 is 1.16 bits per heavy atom. The number of aryl methyl sites for hydroxylation is 2. The normalized spacial score (nSPS) is 11.8. The highest BCUT2D eigenvalue weighted by atomic mass is 35.5. The number of pyridine rings is 1. The molecule has 2 aromatic rings. The summed E-state index contributed by atoms with van der Waals surface area (Å²) in [7, 11) is 0. The summed E-state index contributed by atoms with van der Waals surface area (Å²) in [5, 5.41) is 3.13. The number of rotatable bonds is 4. The smallest absolute Gasteiger partial charge is 0.342 e. The van der Waals surface area contributed by atoms with E-state index in [0.717, 1.165) is 0 Å². The number of ether oxygens (including phenoxy) is 1. The molecule has 1 amide bonds. The van der Waals surface area contributed by atoms with E-state index in [1.165, 1.54) is 6.92 Å². The van der Waals surface area contributed by atoms with Gasteiger partial charge in [-0.25, -0.2) is 9.78 Å². The van der Waals surface area contributed by atoms with Crippen molar-refractivity contribution in [2.24, 2.45) is 0 Å². The van der Waals surface area contributed by atoms with E-state index in [-0.39, 0.29) is 26.4 Å². The van der Waals surface area contributed by atoms with E-state index in [4.69, 9.17) is 39.5 Å². The quantitative estimate of drug-likeness (QED) is 0.588. The maximum atomic E-state index is 12.3. The van der Waals surface area contributed by atoms with Gasteiger partial charge in [0.1, 0.15) is 5.15 Å². The molecule has 1 heterocycles. The topological polar surface area (TPSA) is 68.3 Å². The summed E-state index contributed by atoms with van der Waals surface area (Å²) in [6.07, 6.45) is -1.09. The summed E-state index contributed by atoms with van der Waals surface area (Å²) < 4.78 is 5.19. The lowest BCUT2D eigenvalue weighted by Crippen LogP contribution is -2.30. The minimum Gasteiger partial charge on any atom is -0.449 e. The number of nitrogens with zero attached hydrogens (tertiary/aromatic N) is 1. The van der Waals surface area contributed by atoms with Gasteiger partial charge in [0.05, 0.1) is 21.3 Å². The second kappa shape index (κ2) is 8.04. The van der Waals surface area contributed by atoms with Gasteiger partial charge < -0.3 is 10.1 Å². The van der Waals surface area contributed by atoms with Gasteiger partial charge in [-0.1, -0.05) is 40.9 Å². The fraction of sp³-hybridized carbons (Fsp3) is 0.235. The third kappa shape index (κ3) is 4.63. The van der Waals surface area contributed by atoms with Crippen LogP contribution in [0.2, 0.25) is 15.2 Å². The van der Waals surface area contributed by atoms with Crippen LogP contribution in [0, 0.1) is 13.8 Å². The molecule has 25 heavy (non-hydrogen) atoms. The van der Waals surface area contributed by atoms with Gasteiger partial charge in [0, 0.05) is 5.69 Å². The summed E-state index contributed by atoms with van der Waals surface area (Å²) >= 11 is 18.0. The van der Waals surface area contributed by atoms with Crippen LogP contribution < -0.4 is 5.32 Å². The zero-order valence-electron chi connectivity index (χ0n) is 13.7. The Morgan fingerprint density at radius 2 is 1.76 bits per heavy atom. The van der Waals surface area contributed by atoms with Crippen LogP contribution in [0.15, 0.2) is 24.3 Å². The van der Waals surface area contributed by atoms with E-state index in [9.17, 15) is 9.59 Å². The molecule has 1 aromatic heterocycles. The fourth-order valence-electron chi connectivity index (χ4n) is 2.15. The summed E-state index contributed by atoms with van der Waals surface area (Å²) in [6.45, 7) is 4.91. The lowest BCUT2D eigenvalue weighted by Gasteiger charge is -2.16. The van der Waals surface area contributed by atoms with Crippen LogP contribution in [-0.2, 0) is 9.53 Å². The van der Waals surface area contributed by atoms with Crippen LogP contribution in [0.1, 0.15) is 28.5 Å². The van der Waals surface area contributed by atoms with Crippen LogP contribution in [0.5, 0.6) is 0 Å². The van der Waals surface area contributed by atoms with Gasteiger partial charge >= 0.3 is 5.97 Å². The van der Waals surface area contributed by atoms with Gasteiger partial charge in [0.25, 0.3) is 5.91 Å². The molecule has 1 aromatic carbocycles. The molecule has 1 N–H and O–H groups in total. The first kappa shape index (κ1) is 19.5. The first-order valence-corrected chi connectivity index (χ1v) is 8.43. The van der Waals surface area contributed by atoms with Gasteiger partial charge in [-0.05, 0) is 44.5 Å². The largest absolute Gasteiger partial charge is 0.449 e. The number of esters is 1. The number of benzene rings is 1. The van der Waals surface area contributed by atoms with Crippen molar-refractivity contribution in [3.63, 3.8) is 0 Å². The monoisotopic (exact) mass is 400 g/mol. The van der Waals surface area contributed by atoms with E-state index in [1.807, 2.05) is 0 Å². The average Bonchev–Trinajstić information content (AvgIpc) is 2.49. The standard InChI is InChI=1S/C17H15Cl3N2O3/c1-8-7-9(2)21-15(20)13(8)17(24)25-10(3)16(23)22-14-11(18)5-4-6-12(14)19/h4-7,10H,1-3H3,(H,22,23)/t10-/m0/s1. The number of halogens is 3. The molecule has 132 valence electrons. The zero-order valence-corrected chi connectivity index (χ0v) is 16.0. The minimum absolute atomic E-state index is 0.0317. The van der Waals surface area contributed by atoms with Crippen molar-refractivity contribution >= 4 is 52.4 Å². The van der Waals surface area contributed by atoms with Gasteiger partial charge in [-0.15, -0.1) is 0 Å². The predicted molar refractivity (Wildman–Crippen MR) is 98.7 cm³/mol. The highest BCUT2D eigenvalue weighted by Crippen LogP contribution is 2.30.